The molecule has 2 aromatic rings. The number of aliphatic carboxylic acids is 1. The second-order valence-electron chi connectivity index (χ2n) is 3.46. The maximum absolute atomic E-state index is 10.5. The third-order valence-corrected chi connectivity index (χ3v) is 2.30. The highest BCUT2D eigenvalue weighted by Crippen LogP contribution is 2.12. The van der Waals surface area contributed by atoms with Crippen molar-refractivity contribution >= 4 is 5.97 Å². The van der Waals surface area contributed by atoms with Gasteiger partial charge in [0.05, 0.1) is 13.0 Å². The van der Waals surface area contributed by atoms with Gasteiger partial charge in [0, 0.05) is 0 Å². The molecular formula is C8H11N7O2. The molecule has 2 heterocycles. The van der Waals surface area contributed by atoms with Gasteiger partial charge in [-0.3, -0.25) is 4.79 Å². The van der Waals surface area contributed by atoms with Gasteiger partial charge in [0.25, 0.3) is 0 Å². The summed E-state index contributed by atoms with van der Waals surface area (Å²) in [6.45, 7) is 2.09. The first kappa shape index (κ1) is 11.2. The second-order valence-corrected chi connectivity index (χ2v) is 3.46. The van der Waals surface area contributed by atoms with Crippen molar-refractivity contribution in [3.05, 3.63) is 18.5 Å². The minimum Gasteiger partial charge on any atom is -0.481 e. The van der Waals surface area contributed by atoms with Gasteiger partial charge in [-0.05, 0) is 17.4 Å². The van der Waals surface area contributed by atoms with Crippen molar-refractivity contribution in [2.45, 2.75) is 25.9 Å². The monoisotopic (exact) mass is 237 g/mol. The molecule has 0 saturated carbocycles. The van der Waals surface area contributed by atoms with Crippen LogP contribution >= 0.6 is 0 Å². The van der Waals surface area contributed by atoms with Crippen LogP contribution in [0.4, 0.5) is 0 Å². The number of hydrogen-bond donors (Lipinski definition) is 1. The molecule has 0 aliphatic rings. The predicted molar refractivity (Wildman–Crippen MR) is 53.9 cm³/mol. The first-order chi connectivity index (χ1) is 8.18. The van der Waals surface area contributed by atoms with E-state index in [0.717, 1.165) is 0 Å². The lowest BCUT2D eigenvalue weighted by Crippen LogP contribution is -2.16. The Morgan fingerprint density at radius 2 is 2.41 bits per heavy atom. The largest absolute Gasteiger partial charge is 0.481 e. The lowest BCUT2D eigenvalue weighted by molar-refractivity contribution is -0.137. The second kappa shape index (κ2) is 4.68. The molecule has 17 heavy (non-hydrogen) atoms. The van der Waals surface area contributed by atoms with Crippen LogP contribution in [0.25, 0.3) is 0 Å². The number of tetrazole rings is 1. The van der Waals surface area contributed by atoms with Crippen LogP contribution in [0.1, 0.15) is 25.2 Å². The van der Waals surface area contributed by atoms with Gasteiger partial charge in [-0.2, -0.15) is 5.10 Å². The molecule has 1 N–H and O–H groups in total. The third kappa shape index (κ3) is 2.44. The van der Waals surface area contributed by atoms with E-state index in [1.54, 1.807) is 11.0 Å². The average molecular weight is 237 g/mol. The zero-order valence-electron chi connectivity index (χ0n) is 9.13. The Bertz CT molecular complexity index is 492. The third-order valence-electron chi connectivity index (χ3n) is 2.30. The maximum Gasteiger partial charge on any atom is 0.305 e. The van der Waals surface area contributed by atoms with Crippen molar-refractivity contribution in [1.29, 1.82) is 0 Å². The van der Waals surface area contributed by atoms with E-state index in [2.05, 4.69) is 25.6 Å². The van der Waals surface area contributed by atoms with E-state index in [1.807, 2.05) is 6.92 Å². The summed E-state index contributed by atoms with van der Waals surface area (Å²) < 4.78 is 3.06. The van der Waals surface area contributed by atoms with E-state index in [-0.39, 0.29) is 19.0 Å². The van der Waals surface area contributed by atoms with Crippen molar-refractivity contribution in [1.82, 2.24) is 35.0 Å². The summed E-state index contributed by atoms with van der Waals surface area (Å²) in [5, 5.41) is 23.8. The van der Waals surface area contributed by atoms with Gasteiger partial charge in [0.15, 0.2) is 5.82 Å². The number of carboxylic acid groups (broad SMARTS) is 1. The van der Waals surface area contributed by atoms with E-state index >= 15 is 0 Å². The van der Waals surface area contributed by atoms with Crippen LogP contribution in [-0.4, -0.2) is 46.0 Å². The number of carbonyl (C=O) groups is 1. The summed E-state index contributed by atoms with van der Waals surface area (Å²) >= 11 is 0. The SMILES string of the molecule is CC(c1nnnn1CCC(=O)O)n1cncn1. The number of nitrogens with zero attached hydrogens (tertiary/aromatic N) is 7. The Hall–Kier alpha value is -2.32. The van der Waals surface area contributed by atoms with E-state index in [1.165, 1.54) is 11.0 Å². The van der Waals surface area contributed by atoms with Crippen LogP contribution in [0, 0.1) is 0 Å². The Balaban J connectivity index is 2.16. The molecule has 0 fully saturated rings. The van der Waals surface area contributed by atoms with Gasteiger partial charge in [-0.15, -0.1) is 5.10 Å². The molecule has 0 radical (unpaired) electrons. The number of carboxylic acids is 1. The van der Waals surface area contributed by atoms with Crippen LogP contribution in [0.5, 0.6) is 0 Å². The minimum absolute atomic E-state index is 0.0257. The van der Waals surface area contributed by atoms with Crippen LogP contribution < -0.4 is 0 Å². The molecule has 2 rings (SSSR count). The van der Waals surface area contributed by atoms with Gasteiger partial charge in [0.1, 0.15) is 18.7 Å². The lowest BCUT2D eigenvalue weighted by Gasteiger charge is -2.10. The summed E-state index contributed by atoms with van der Waals surface area (Å²) in [6, 6.07) is -0.193. The molecule has 0 saturated heterocycles. The molecule has 9 heteroatoms. The Labute approximate surface area is 96.1 Å². The molecule has 1 unspecified atom stereocenters. The number of hydrogen-bond acceptors (Lipinski definition) is 6. The molecule has 0 aliphatic heterocycles. The fourth-order valence-corrected chi connectivity index (χ4v) is 1.41. The number of aryl methyl sites for hydroxylation is 1. The Morgan fingerprint density at radius 3 is 3.06 bits per heavy atom. The predicted octanol–water partition coefficient (Wildman–Crippen LogP) is -0.651. The lowest BCUT2D eigenvalue weighted by atomic mass is 10.3. The molecule has 0 bridgehead atoms. The minimum atomic E-state index is -0.889. The summed E-state index contributed by atoms with van der Waals surface area (Å²) in [4.78, 5) is 14.3. The van der Waals surface area contributed by atoms with Crippen LogP contribution in [0.15, 0.2) is 12.7 Å². The number of aromatic nitrogens is 7. The van der Waals surface area contributed by atoms with Crippen LogP contribution in [0.2, 0.25) is 0 Å². The first-order valence-corrected chi connectivity index (χ1v) is 5.00. The maximum atomic E-state index is 10.5. The smallest absolute Gasteiger partial charge is 0.305 e. The normalized spacial score (nSPS) is 12.5. The summed E-state index contributed by atoms with van der Waals surface area (Å²) in [6.07, 6.45) is 2.95. The van der Waals surface area contributed by atoms with E-state index < -0.39 is 5.97 Å². The van der Waals surface area contributed by atoms with E-state index in [0.29, 0.717) is 5.82 Å². The zero-order chi connectivity index (χ0) is 12.3. The quantitative estimate of drug-likeness (QED) is 0.735. The van der Waals surface area contributed by atoms with Gasteiger partial charge < -0.3 is 5.11 Å². The summed E-state index contributed by atoms with van der Waals surface area (Å²) in [7, 11) is 0. The standard InChI is InChI=1S/C8H11N7O2/c1-6(15-5-9-4-10-15)8-11-12-13-14(8)3-2-7(16)17/h4-6H,2-3H2,1H3,(H,16,17). The Kier molecular flexibility index (Phi) is 3.08. The van der Waals surface area contributed by atoms with Crippen LogP contribution in [-0.2, 0) is 11.3 Å². The van der Waals surface area contributed by atoms with Crippen molar-refractivity contribution < 1.29 is 9.90 Å². The fourth-order valence-electron chi connectivity index (χ4n) is 1.41. The molecule has 90 valence electrons. The topological polar surface area (TPSA) is 112 Å². The van der Waals surface area contributed by atoms with Gasteiger partial charge in [-0.25, -0.2) is 14.3 Å². The van der Waals surface area contributed by atoms with Crippen LogP contribution in [0.3, 0.4) is 0 Å². The van der Waals surface area contributed by atoms with Gasteiger partial charge in [0.2, 0.25) is 0 Å². The molecule has 0 aromatic carbocycles. The highest BCUT2D eigenvalue weighted by molar-refractivity contribution is 5.66. The highest BCUT2D eigenvalue weighted by Gasteiger charge is 2.17. The molecule has 0 spiro atoms. The van der Waals surface area contributed by atoms with Gasteiger partial charge >= 0.3 is 5.97 Å². The first-order valence-electron chi connectivity index (χ1n) is 5.00. The molecule has 1 atom stereocenters. The summed E-state index contributed by atoms with van der Waals surface area (Å²) in [5.74, 6) is -0.336. The Morgan fingerprint density at radius 1 is 1.59 bits per heavy atom. The summed E-state index contributed by atoms with van der Waals surface area (Å²) in [5.41, 5.74) is 0. The van der Waals surface area contributed by atoms with E-state index in [4.69, 9.17) is 5.11 Å². The fraction of sp³-hybridized carbons (Fsp3) is 0.500. The number of rotatable bonds is 5. The average Bonchev–Trinajstić information content (AvgIpc) is 2.96. The molecule has 0 aliphatic carbocycles. The molecule has 9 nitrogen and oxygen atoms in total. The molecule has 0 amide bonds. The van der Waals surface area contributed by atoms with Crippen molar-refractivity contribution in [3.63, 3.8) is 0 Å². The highest BCUT2D eigenvalue weighted by atomic mass is 16.4. The van der Waals surface area contributed by atoms with E-state index in [9.17, 15) is 4.79 Å². The molecular weight excluding hydrogens is 226 g/mol. The van der Waals surface area contributed by atoms with Crippen molar-refractivity contribution in [2.24, 2.45) is 0 Å². The van der Waals surface area contributed by atoms with Crippen molar-refractivity contribution in [2.75, 3.05) is 0 Å². The molecule has 2 aromatic heterocycles. The van der Waals surface area contributed by atoms with Crippen molar-refractivity contribution in [3.8, 4) is 0 Å². The zero-order valence-corrected chi connectivity index (χ0v) is 9.13. The van der Waals surface area contributed by atoms with Gasteiger partial charge in [-0.1, -0.05) is 0 Å².